The summed E-state index contributed by atoms with van der Waals surface area (Å²) in [7, 11) is 0. The van der Waals surface area contributed by atoms with Crippen molar-refractivity contribution in [2.45, 2.75) is 198 Å². The van der Waals surface area contributed by atoms with E-state index >= 15 is 0 Å². The molecule has 0 aromatic heterocycles. The lowest BCUT2D eigenvalue weighted by Crippen LogP contribution is -2.54. The molecular weight excluding hydrogens is 1380 g/mol. The molecule has 10 aromatic carbocycles. The van der Waals surface area contributed by atoms with Gasteiger partial charge >= 0.3 is 12.4 Å². The Bertz CT molecular complexity index is 4270. The molecule has 0 saturated carbocycles. The van der Waals surface area contributed by atoms with Gasteiger partial charge in [-0.3, -0.25) is 0 Å². The Balaban J connectivity index is 0.000000209. The molecule has 10 N–H and O–H groups in total. The van der Waals surface area contributed by atoms with Gasteiger partial charge in [-0.15, -0.1) is 0 Å². The number of aryl methyl sites for hydroxylation is 10. The van der Waals surface area contributed by atoms with Crippen molar-refractivity contribution in [3.05, 3.63) is 255 Å². The average Bonchev–Trinajstić information content (AvgIpc) is 0.709. The summed E-state index contributed by atoms with van der Waals surface area (Å²) in [6, 6.07) is 32.6. The molecule has 0 fully saturated rings. The summed E-state index contributed by atoms with van der Waals surface area (Å²) in [5.74, 6) is 2.14. The van der Waals surface area contributed by atoms with Gasteiger partial charge in [-0.1, -0.05) is 75.9 Å². The second-order valence-electron chi connectivity index (χ2n) is 28.1. The third kappa shape index (κ3) is 18.8. The number of phenols is 10. The summed E-state index contributed by atoms with van der Waals surface area (Å²) in [6.07, 6.45) is -9.94. The van der Waals surface area contributed by atoms with Crippen LogP contribution in [0.3, 0.4) is 0 Å². The fourth-order valence-electron chi connectivity index (χ4n) is 12.3. The van der Waals surface area contributed by atoms with E-state index < -0.39 is 40.4 Å². The molecule has 10 aromatic rings. The topological polar surface area (TPSA) is 212 Å². The number of alkyl halides is 6. The van der Waals surface area contributed by atoms with Crippen LogP contribution >= 0.6 is 11.8 Å². The van der Waals surface area contributed by atoms with E-state index in [4.69, 9.17) is 4.74 Å². The van der Waals surface area contributed by atoms with Gasteiger partial charge in [-0.05, 0) is 355 Å². The van der Waals surface area contributed by atoms with Crippen molar-refractivity contribution in [2.75, 3.05) is 0 Å². The second-order valence-corrected chi connectivity index (χ2v) is 29.3. The van der Waals surface area contributed by atoms with Crippen LogP contribution in [0.4, 0.5) is 26.3 Å². The van der Waals surface area contributed by atoms with E-state index in [1.165, 1.54) is 27.7 Å². The first-order valence-electron chi connectivity index (χ1n) is 34.6. The number of halogens is 6. The van der Waals surface area contributed by atoms with Crippen molar-refractivity contribution in [2.24, 2.45) is 0 Å². The lowest BCUT2D eigenvalue weighted by atomic mass is 9.71. The molecule has 0 saturated heterocycles. The zero-order chi connectivity index (χ0) is 80.1. The minimum Gasteiger partial charge on any atom is -0.508 e. The van der Waals surface area contributed by atoms with Crippen molar-refractivity contribution in [1.29, 1.82) is 0 Å². The smallest absolute Gasteiger partial charge is 0.411 e. The first kappa shape index (κ1) is 84.9. The summed E-state index contributed by atoms with van der Waals surface area (Å²) in [4.78, 5) is 1.95. The maximum absolute atomic E-state index is 14.1. The first-order chi connectivity index (χ1) is 49.0. The fraction of sp³-hybridized carbons (Fsp3) is 0.318. The minimum atomic E-state index is -5.78. The second kappa shape index (κ2) is 33.6. The average molecular weight is 1480 g/mol. The van der Waals surface area contributed by atoms with Crippen molar-refractivity contribution in [1.82, 2.24) is 0 Å². The molecule has 0 amide bonds. The van der Waals surface area contributed by atoms with Gasteiger partial charge in [0.1, 0.15) is 69.0 Å². The predicted octanol–water partition coefficient (Wildman–Crippen LogP) is 23.5. The molecule has 0 bridgehead atoms. The highest BCUT2D eigenvalue weighted by Crippen LogP contribution is 2.58. The fourth-order valence-corrected chi connectivity index (χ4v) is 13.3. The third-order valence-electron chi connectivity index (χ3n) is 20.6. The van der Waals surface area contributed by atoms with Gasteiger partial charge in [0.15, 0.2) is 0 Å². The van der Waals surface area contributed by atoms with E-state index in [1.54, 1.807) is 48.2 Å². The number of phenolic OH excluding ortho intramolecular Hbond substituents is 10. The normalized spacial score (nSPS) is 11.5. The summed E-state index contributed by atoms with van der Waals surface area (Å²) in [6.45, 7) is 40.9. The lowest BCUT2D eigenvalue weighted by molar-refractivity contribution is -0.288. The van der Waals surface area contributed by atoms with Crippen LogP contribution in [0.1, 0.15) is 161 Å². The van der Waals surface area contributed by atoms with Crippen LogP contribution in [-0.4, -0.2) is 63.4 Å². The maximum Gasteiger partial charge on any atom is 0.411 e. The van der Waals surface area contributed by atoms with E-state index in [1.807, 2.05) is 147 Å². The van der Waals surface area contributed by atoms with Crippen LogP contribution in [-0.2, 0) is 23.7 Å². The van der Waals surface area contributed by atoms with E-state index in [-0.39, 0.29) is 39.2 Å². The summed E-state index contributed by atoms with van der Waals surface area (Å²) >= 11 is 1.54. The largest absolute Gasteiger partial charge is 0.508 e. The molecule has 18 heteroatoms. The number of rotatable bonds is 11. The Hall–Kier alpha value is -10.1. The zero-order valence-electron chi connectivity index (χ0n) is 64.5. The molecule has 106 heavy (non-hydrogen) atoms. The van der Waals surface area contributed by atoms with Gasteiger partial charge in [-0.25, -0.2) is 0 Å². The molecule has 0 aliphatic rings. The van der Waals surface area contributed by atoms with Crippen LogP contribution in [0, 0.1) is 125 Å². The van der Waals surface area contributed by atoms with Gasteiger partial charge in [-0.2, -0.15) is 26.3 Å². The number of hydrogen-bond donors (Lipinski definition) is 10. The summed E-state index contributed by atoms with van der Waals surface area (Å²) < 4.78 is 90.2. The zero-order valence-corrected chi connectivity index (χ0v) is 65.3. The molecule has 0 spiro atoms. The Kier molecular flexibility index (Phi) is 26.9. The van der Waals surface area contributed by atoms with Crippen molar-refractivity contribution < 1.29 is 82.1 Å². The SMILES string of the molecule is CCc1c(C)cc(-c2cc(C)c(CC)c(O)c2)cc1O.Cc1cc(C(C)(C)c2cc(C)c(C)c(O)c2)cc(O)c1C.Cc1cc(C(c2cc(C)c(C)c(O)c2)(C(F)(F)F)C(F)(F)F)cc(O)c1C.Cc1cc(Oc2cc(C)c(C)c(O)c2)cc(O)c1C.Cc1cc(Sc2cc(C)c(C)c(O)c2)cc(O)c1C. The molecule has 0 heterocycles. The van der Waals surface area contributed by atoms with Crippen LogP contribution in [0.25, 0.3) is 11.1 Å². The first-order valence-corrected chi connectivity index (χ1v) is 35.4. The maximum atomic E-state index is 14.1. The molecule has 566 valence electrons. The van der Waals surface area contributed by atoms with Crippen molar-refractivity contribution >= 4 is 11.8 Å². The molecule has 10 rings (SSSR count). The molecule has 0 atom stereocenters. The van der Waals surface area contributed by atoms with Gasteiger partial charge in [0.25, 0.3) is 0 Å². The number of ether oxygens (including phenoxy) is 1. The molecule has 0 radical (unpaired) electrons. The monoisotopic (exact) mass is 1480 g/mol. The molecule has 0 aliphatic carbocycles. The molecule has 0 unspecified atom stereocenters. The Labute approximate surface area is 623 Å². The number of benzene rings is 10. The van der Waals surface area contributed by atoms with E-state index in [2.05, 4.69) is 38.1 Å². The quantitative estimate of drug-likeness (QED) is 0.0548. The van der Waals surface area contributed by atoms with Gasteiger partial charge < -0.3 is 55.8 Å². The van der Waals surface area contributed by atoms with E-state index in [9.17, 15) is 77.4 Å². The number of hydrogen-bond acceptors (Lipinski definition) is 12. The van der Waals surface area contributed by atoms with E-state index in [0.29, 0.717) is 58.1 Å². The van der Waals surface area contributed by atoms with Crippen LogP contribution < -0.4 is 4.74 Å². The highest BCUT2D eigenvalue weighted by atomic mass is 32.2. The highest BCUT2D eigenvalue weighted by molar-refractivity contribution is 7.99. The minimum absolute atomic E-state index is 0.0796. The summed E-state index contributed by atoms with van der Waals surface area (Å²) in [5.41, 5.74) is 13.2. The van der Waals surface area contributed by atoms with Gasteiger partial charge in [0.05, 0.1) is 0 Å². The van der Waals surface area contributed by atoms with Crippen LogP contribution in [0.15, 0.2) is 131 Å². The van der Waals surface area contributed by atoms with E-state index in [0.717, 1.165) is 146 Å². The highest BCUT2D eigenvalue weighted by Gasteiger charge is 2.73. The molecule has 11 nitrogen and oxygen atoms in total. The number of aromatic hydroxyl groups is 10. The Morgan fingerprint density at radius 1 is 0.274 bits per heavy atom. The third-order valence-corrected chi connectivity index (χ3v) is 21.5. The van der Waals surface area contributed by atoms with Crippen LogP contribution in [0.5, 0.6) is 69.0 Å². The summed E-state index contributed by atoms with van der Waals surface area (Å²) in [5, 5.41) is 99.5. The Morgan fingerprint density at radius 2 is 0.509 bits per heavy atom. The van der Waals surface area contributed by atoms with Crippen molar-refractivity contribution in [3.8, 4) is 80.1 Å². The molecular formula is C88H100F6O11S. The standard InChI is InChI=1S/C19H18F6O2.C19H24O2.C18H22O2.C16H18O3.C16H18O2S/c1-9-5-13(7-15(26)11(9)3)17(18(20,21)22,19(23,24)25)14-6-10(2)12(4)16(27)8-14;1-11-7-15(9-17(20)13(11)3)19(5,6)16-8-12(2)14(4)18(21)10-16;1-5-15-11(3)7-13(9-17(15)19)14-8-12(4)16(6-2)18(20)10-14;2*1-9-5-13(7-15(17)11(9)3)19-14-6-10(2)12(4)16(18)8-14/h5-8,26-27H,1-4H3;7-10,20-21H,1-6H3;7-10,19-20H,5-6H2,1-4H3;2*5-8,17-18H,1-4H3. The van der Waals surface area contributed by atoms with Crippen LogP contribution in [0.2, 0.25) is 0 Å². The molecule has 0 aliphatic heterocycles. The lowest BCUT2D eigenvalue weighted by Gasteiger charge is -2.39. The van der Waals surface area contributed by atoms with Gasteiger partial charge in [0.2, 0.25) is 5.41 Å². The van der Waals surface area contributed by atoms with Gasteiger partial charge in [0, 0.05) is 27.3 Å². The predicted molar refractivity (Wildman–Crippen MR) is 413 cm³/mol. The van der Waals surface area contributed by atoms with Crippen molar-refractivity contribution in [3.63, 3.8) is 0 Å². The Morgan fingerprint density at radius 3 is 0.745 bits per heavy atom.